The van der Waals surface area contributed by atoms with Crippen LogP contribution >= 0.6 is 0 Å². The number of nitrogens with one attached hydrogen (secondary N) is 1. The molecule has 5 heteroatoms. The van der Waals surface area contributed by atoms with Gasteiger partial charge in [-0.1, -0.05) is 62.4 Å². The SMILES string of the molecule is CC(C)CN(C[C@@H](O)c1ccc(F)cc1)C(=O)Nc1cccc2ccccc12. The zero-order chi connectivity index (χ0) is 20.1. The van der Waals surface area contributed by atoms with Crippen molar-refractivity contribution in [2.75, 3.05) is 18.4 Å². The Morgan fingerprint density at radius 1 is 1.00 bits per heavy atom. The number of nitrogens with zero attached hydrogens (tertiary/aromatic N) is 1. The van der Waals surface area contributed by atoms with E-state index in [0.29, 0.717) is 12.1 Å². The molecule has 0 aliphatic rings. The number of urea groups is 1. The molecule has 0 unspecified atom stereocenters. The van der Waals surface area contributed by atoms with Crippen LogP contribution in [0.2, 0.25) is 0 Å². The molecular formula is C23H25FN2O2. The van der Waals surface area contributed by atoms with Crippen LogP contribution in [0, 0.1) is 11.7 Å². The van der Waals surface area contributed by atoms with E-state index in [2.05, 4.69) is 5.32 Å². The predicted octanol–water partition coefficient (Wildman–Crippen LogP) is 5.20. The highest BCUT2D eigenvalue weighted by Crippen LogP contribution is 2.24. The van der Waals surface area contributed by atoms with Gasteiger partial charge in [-0.05, 0) is 35.1 Å². The summed E-state index contributed by atoms with van der Waals surface area (Å²) in [5.74, 6) is -0.123. The average Bonchev–Trinajstić information content (AvgIpc) is 2.68. The van der Waals surface area contributed by atoms with Crippen LogP contribution in [0.3, 0.4) is 0 Å². The highest BCUT2D eigenvalue weighted by atomic mass is 19.1. The molecule has 3 aromatic carbocycles. The Hall–Kier alpha value is -2.92. The van der Waals surface area contributed by atoms with Gasteiger partial charge in [0.05, 0.1) is 18.3 Å². The molecule has 0 aliphatic heterocycles. The molecule has 28 heavy (non-hydrogen) atoms. The van der Waals surface area contributed by atoms with E-state index in [-0.39, 0.29) is 24.3 Å². The molecule has 146 valence electrons. The molecule has 3 aromatic rings. The first-order valence-electron chi connectivity index (χ1n) is 9.41. The molecule has 0 spiro atoms. The van der Waals surface area contributed by atoms with Crippen molar-refractivity contribution in [1.82, 2.24) is 4.90 Å². The maximum absolute atomic E-state index is 13.1. The van der Waals surface area contributed by atoms with E-state index in [1.807, 2.05) is 56.3 Å². The summed E-state index contributed by atoms with van der Waals surface area (Å²) in [7, 11) is 0. The molecule has 0 bridgehead atoms. The van der Waals surface area contributed by atoms with E-state index in [4.69, 9.17) is 0 Å². The van der Waals surface area contributed by atoms with Crippen LogP contribution in [-0.2, 0) is 0 Å². The topological polar surface area (TPSA) is 52.6 Å². The number of carbonyl (C=O) groups is 1. The first-order valence-corrected chi connectivity index (χ1v) is 9.41. The van der Waals surface area contributed by atoms with Crippen LogP contribution in [0.5, 0.6) is 0 Å². The minimum Gasteiger partial charge on any atom is -0.387 e. The lowest BCUT2D eigenvalue weighted by Gasteiger charge is -2.27. The van der Waals surface area contributed by atoms with Gasteiger partial charge >= 0.3 is 6.03 Å². The monoisotopic (exact) mass is 380 g/mol. The van der Waals surface area contributed by atoms with Gasteiger partial charge in [-0.3, -0.25) is 0 Å². The number of fused-ring (bicyclic) bond motifs is 1. The Balaban J connectivity index is 1.78. The van der Waals surface area contributed by atoms with Gasteiger partial charge in [0.2, 0.25) is 0 Å². The summed E-state index contributed by atoms with van der Waals surface area (Å²) < 4.78 is 13.1. The summed E-state index contributed by atoms with van der Waals surface area (Å²) in [6.07, 6.45) is -0.891. The summed E-state index contributed by atoms with van der Waals surface area (Å²) in [6.45, 7) is 4.65. The van der Waals surface area contributed by atoms with E-state index < -0.39 is 6.10 Å². The second kappa shape index (κ2) is 8.85. The highest BCUT2D eigenvalue weighted by molar-refractivity contribution is 6.01. The van der Waals surface area contributed by atoms with Crippen LogP contribution in [0.4, 0.5) is 14.9 Å². The van der Waals surface area contributed by atoms with Crippen molar-refractivity contribution in [2.45, 2.75) is 20.0 Å². The van der Waals surface area contributed by atoms with Crippen molar-refractivity contribution in [3.63, 3.8) is 0 Å². The first-order chi connectivity index (χ1) is 13.4. The zero-order valence-corrected chi connectivity index (χ0v) is 16.1. The van der Waals surface area contributed by atoms with Crippen molar-refractivity contribution in [1.29, 1.82) is 0 Å². The Kier molecular flexibility index (Phi) is 6.26. The third-order valence-corrected chi connectivity index (χ3v) is 4.55. The number of halogens is 1. The lowest BCUT2D eigenvalue weighted by Crippen LogP contribution is -2.40. The molecule has 0 saturated carbocycles. The van der Waals surface area contributed by atoms with Gasteiger partial charge in [-0.15, -0.1) is 0 Å². The number of amides is 2. The van der Waals surface area contributed by atoms with Crippen molar-refractivity contribution >= 4 is 22.5 Å². The molecule has 3 rings (SSSR count). The summed E-state index contributed by atoms with van der Waals surface area (Å²) in [4.78, 5) is 14.6. The fraction of sp³-hybridized carbons (Fsp3) is 0.261. The van der Waals surface area contributed by atoms with E-state index >= 15 is 0 Å². The van der Waals surface area contributed by atoms with Gasteiger partial charge in [0.15, 0.2) is 0 Å². The Labute approximate surface area is 164 Å². The Morgan fingerprint density at radius 2 is 1.68 bits per heavy atom. The summed E-state index contributed by atoms with van der Waals surface area (Å²) >= 11 is 0. The normalized spacial score (nSPS) is 12.2. The molecule has 1 atom stereocenters. The average molecular weight is 380 g/mol. The van der Waals surface area contributed by atoms with Gasteiger partial charge < -0.3 is 15.3 Å². The van der Waals surface area contributed by atoms with Crippen molar-refractivity contribution < 1.29 is 14.3 Å². The third-order valence-electron chi connectivity index (χ3n) is 4.55. The smallest absolute Gasteiger partial charge is 0.321 e. The number of anilines is 1. The van der Waals surface area contributed by atoms with Crippen LogP contribution in [0.1, 0.15) is 25.5 Å². The summed E-state index contributed by atoms with van der Waals surface area (Å²) in [6, 6.07) is 19.0. The molecule has 2 N–H and O–H groups in total. The minimum atomic E-state index is -0.891. The second-order valence-corrected chi connectivity index (χ2v) is 7.32. The van der Waals surface area contributed by atoms with Crippen LogP contribution in [0.25, 0.3) is 10.8 Å². The molecule has 0 saturated heterocycles. The van der Waals surface area contributed by atoms with Crippen molar-refractivity contribution in [3.8, 4) is 0 Å². The molecule has 4 nitrogen and oxygen atoms in total. The number of hydrogen-bond acceptors (Lipinski definition) is 2. The van der Waals surface area contributed by atoms with E-state index in [1.165, 1.54) is 24.3 Å². The van der Waals surface area contributed by atoms with Gasteiger partial charge in [-0.25, -0.2) is 9.18 Å². The maximum atomic E-state index is 13.1. The van der Waals surface area contributed by atoms with Gasteiger partial charge in [0, 0.05) is 11.9 Å². The zero-order valence-electron chi connectivity index (χ0n) is 16.1. The number of aliphatic hydroxyl groups excluding tert-OH is 1. The quantitative estimate of drug-likeness (QED) is 0.617. The largest absolute Gasteiger partial charge is 0.387 e. The molecule has 0 heterocycles. The van der Waals surface area contributed by atoms with E-state index in [1.54, 1.807) is 4.90 Å². The Morgan fingerprint density at radius 3 is 2.39 bits per heavy atom. The number of hydrogen-bond donors (Lipinski definition) is 2. The number of aliphatic hydroxyl groups is 1. The van der Waals surface area contributed by atoms with Crippen LogP contribution in [-0.4, -0.2) is 29.1 Å². The number of benzene rings is 3. The summed E-state index contributed by atoms with van der Waals surface area (Å²) in [5.41, 5.74) is 1.31. The molecule has 0 fully saturated rings. The fourth-order valence-electron chi connectivity index (χ4n) is 3.21. The number of rotatable bonds is 6. The van der Waals surface area contributed by atoms with Crippen molar-refractivity contribution in [2.24, 2.45) is 5.92 Å². The maximum Gasteiger partial charge on any atom is 0.321 e. The van der Waals surface area contributed by atoms with Gasteiger partial charge in [0.25, 0.3) is 0 Å². The second-order valence-electron chi connectivity index (χ2n) is 7.32. The molecule has 0 aliphatic carbocycles. The van der Waals surface area contributed by atoms with Gasteiger partial charge in [0.1, 0.15) is 5.82 Å². The van der Waals surface area contributed by atoms with Crippen LogP contribution in [0.15, 0.2) is 66.7 Å². The van der Waals surface area contributed by atoms with Crippen LogP contribution < -0.4 is 5.32 Å². The molecule has 0 aromatic heterocycles. The van der Waals surface area contributed by atoms with Crippen molar-refractivity contribution in [3.05, 3.63) is 78.1 Å². The third kappa shape index (κ3) is 4.87. The van der Waals surface area contributed by atoms with Gasteiger partial charge in [-0.2, -0.15) is 0 Å². The standard InChI is InChI=1S/C23H25FN2O2/c1-16(2)14-26(15-22(27)18-10-12-19(24)13-11-18)23(28)25-21-9-5-7-17-6-3-4-8-20(17)21/h3-13,16,22,27H,14-15H2,1-2H3,(H,25,28)/t22-/m1/s1. The first kappa shape index (κ1) is 19.8. The fourth-order valence-corrected chi connectivity index (χ4v) is 3.21. The highest BCUT2D eigenvalue weighted by Gasteiger charge is 2.20. The van der Waals surface area contributed by atoms with E-state index in [9.17, 15) is 14.3 Å². The van der Waals surface area contributed by atoms with E-state index in [0.717, 1.165) is 16.5 Å². The Bertz CT molecular complexity index is 935. The molecule has 0 radical (unpaired) electrons. The molecular weight excluding hydrogens is 355 g/mol. The summed E-state index contributed by atoms with van der Waals surface area (Å²) in [5, 5.41) is 15.5. The number of carbonyl (C=O) groups excluding carboxylic acids is 1. The minimum absolute atomic E-state index is 0.125. The molecule has 2 amide bonds. The predicted molar refractivity (Wildman–Crippen MR) is 111 cm³/mol. The lowest BCUT2D eigenvalue weighted by molar-refractivity contribution is 0.121. The lowest BCUT2D eigenvalue weighted by atomic mass is 10.1.